The van der Waals surface area contributed by atoms with E-state index in [2.05, 4.69) is 9.72 Å². The molecule has 2 heterocycles. The number of carbonyl (C=O) groups excluding carboxylic acids is 2. The van der Waals surface area contributed by atoms with Crippen molar-refractivity contribution in [2.24, 2.45) is 5.92 Å². The first kappa shape index (κ1) is 12.5. The molecule has 1 saturated heterocycles. The molecule has 0 spiro atoms. The molecule has 1 aliphatic rings. The van der Waals surface area contributed by atoms with Gasteiger partial charge in [-0.2, -0.15) is 0 Å². The lowest BCUT2D eigenvalue weighted by molar-refractivity contribution is -0.145. The van der Waals surface area contributed by atoms with Crippen LogP contribution in [0.1, 0.15) is 17.7 Å². The predicted octanol–water partition coefficient (Wildman–Crippen LogP) is 0.912. The van der Waals surface area contributed by atoms with Crippen LogP contribution in [0.3, 0.4) is 0 Å². The van der Waals surface area contributed by atoms with Crippen molar-refractivity contribution >= 4 is 11.9 Å². The van der Waals surface area contributed by atoms with Crippen molar-refractivity contribution in [1.29, 1.82) is 0 Å². The number of hydrogen-bond donors (Lipinski definition) is 0. The molecule has 0 N–H and O–H groups in total. The van der Waals surface area contributed by atoms with Crippen molar-refractivity contribution in [3.8, 4) is 0 Å². The average molecular weight is 248 g/mol. The number of rotatable bonds is 3. The van der Waals surface area contributed by atoms with Crippen molar-refractivity contribution in [1.82, 2.24) is 9.88 Å². The Morgan fingerprint density at radius 1 is 1.61 bits per heavy atom. The summed E-state index contributed by atoms with van der Waals surface area (Å²) in [6, 6.07) is 3.85. The topological polar surface area (TPSA) is 59.5 Å². The smallest absolute Gasteiger partial charge is 0.310 e. The molecule has 96 valence electrons. The van der Waals surface area contributed by atoms with Crippen LogP contribution < -0.4 is 0 Å². The van der Waals surface area contributed by atoms with Gasteiger partial charge >= 0.3 is 5.97 Å². The molecule has 1 fully saturated rings. The molecule has 5 heteroatoms. The van der Waals surface area contributed by atoms with Crippen molar-refractivity contribution in [3.05, 3.63) is 29.6 Å². The summed E-state index contributed by atoms with van der Waals surface area (Å²) in [6.45, 7) is 2.85. The highest BCUT2D eigenvalue weighted by molar-refractivity contribution is 5.86. The SMILES string of the molecule is COC(=O)C1CC(=O)N(Cc2cc(C)ccn2)C1. The van der Waals surface area contributed by atoms with E-state index in [4.69, 9.17) is 0 Å². The first-order valence-electron chi connectivity index (χ1n) is 5.87. The van der Waals surface area contributed by atoms with Gasteiger partial charge in [0.15, 0.2) is 0 Å². The van der Waals surface area contributed by atoms with Crippen LogP contribution >= 0.6 is 0 Å². The summed E-state index contributed by atoms with van der Waals surface area (Å²) < 4.78 is 4.67. The van der Waals surface area contributed by atoms with Gasteiger partial charge in [-0.1, -0.05) is 0 Å². The molecule has 1 unspecified atom stereocenters. The number of hydrogen-bond acceptors (Lipinski definition) is 4. The quantitative estimate of drug-likeness (QED) is 0.746. The summed E-state index contributed by atoms with van der Waals surface area (Å²) in [5.41, 5.74) is 1.95. The van der Waals surface area contributed by atoms with Gasteiger partial charge in [-0.25, -0.2) is 0 Å². The van der Waals surface area contributed by atoms with E-state index >= 15 is 0 Å². The summed E-state index contributed by atoms with van der Waals surface area (Å²) in [7, 11) is 1.34. The zero-order valence-corrected chi connectivity index (χ0v) is 10.5. The Labute approximate surface area is 106 Å². The Morgan fingerprint density at radius 3 is 3.06 bits per heavy atom. The van der Waals surface area contributed by atoms with Crippen LogP contribution in [0, 0.1) is 12.8 Å². The summed E-state index contributed by atoms with van der Waals surface area (Å²) in [6.07, 6.45) is 1.96. The maximum absolute atomic E-state index is 11.8. The molecular formula is C13H16N2O3. The van der Waals surface area contributed by atoms with Gasteiger partial charge in [0, 0.05) is 19.2 Å². The van der Waals surface area contributed by atoms with E-state index in [-0.39, 0.29) is 24.2 Å². The van der Waals surface area contributed by atoms with Crippen LogP contribution in [0.5, 0.6) is 0 Å². The largest absolute Gasteiger partial charge is 0.469 e. The van der Waals surface area contributed by atoms with Crippen LogP contribution in [0.4, 0.5) is 0 Å². The summed E-state index contributed by atoms with van der Waals surface area (Å²) in [5, 5.41) is 0. The van der Waals surface area contributed by atoms with Gasteiger partial charge in [0.25, 0.3) is 0 Å². The number of amides is 1. The Hall–Kier alpha value is -1.91. The van der Waals surface area contributed by atoms with Gasteiger partial charge in [-0.3, -0.25) is 14.6 Å². The molecule has 1 aromatic rings. The number of aromatic nitrogens is 1. The van der Waals surface area contributed by atoms with E-state index in [9.17, 15) is 9.59 Å². The highest BCUT2D eigenvalue weighted by Crippen LogP contribution is 2.20. The van der Waals surface area contributed by atoms with Crippen molar-refractivity contribution in [2.45, 2.75) is 19.9 Å². The van der Waals surface area contributed by atoms with Gasteiger partial charge in [0.05, 0.1) is 25.3 Å². The van der Waals surface area contributed by atoms with Crippen LogP contribution in [-0.2, 0) is 20.9 Å². The Kier molecular flexibility index (Phi) is 3.60. The second-order valence-corrected chi connectivity index (χ2v) is 4.52. The maximum Gasteiger partial charge on any atom is 0.310 e. The van der Waals surface area contributed by atoms with Gasteiger partial charge in [0.2, 0.25) is 5.91 Å². The maximum atomic E-state index is 11.8. The Bertz CT molecular complexity index is 473. The molecule has 0 radical (unpaired) electrons. The molecule has 0 saturated carbocycles. The van der Waals surface area contributed by atoms with E-state index in [0.29, 0.717) is 13.1 Å². The number of esters is 1. The van der Waals surface area contributed by atoms with Crippen molar-refractivity contribution in [2.75, 3.05) is 13.7 Å². The summed E-state index contributed by atoms with van der Waals surface area (Å²) >= 11 is 0. The Morgan fingerprint density at radius 2 is 2.39 bits per heavy atom. The lowest BCUT2D eigenvalue weighted by Crippen LogP contribution is -2.26. The highest BCUT2D eigenvalue weighted by Gasteiger charge is 2.34. The number of pyridine rings is 1. The van der Waals surface area contributed by atoms with Crippen LogP contribution in [-0.4, -0.2) is 35.4 Å². The molecule has 5 nitrogen and oxygen atoms in total. The molecule has 1 atom stereocenters. The lowest BCUT2D eigenvalue weighted by Gasteiger charge is -2.15. The highest BCUT2D eigenvalue weighted by atomic mass is 16.5. The Balaban J connectivity index is 2.02. The number of likely N-dealkylation sites (tertiary alicyclic amines) is 1. The predicted molar refractivity (Wildman–Crippen MR) is 64.5 cm³/mol. The molecule has 1 amide bonds. The molecule has 2 rings (SSSR count). The third kappa shape index (κ3) is 2.67. The molecule has 18 heavy (non-hydrogen) atoms. The minimum atomic E-state index is -0.340. The van der Waals surface area contributed by atoms with Crippen LogP contribution in [0.15, 0.2) is 18.3 Å². The minimum absolute atomic E-state index is 0.0197. The number of aryl methyl sites for hydroxylation is 1. The van der Waals surface area contributed by atoms with Crippen molar-refractivity contribution < 1.29 is 14.3 Å². The third-order valence-electron chi connectivity index (χ3n) is 3.07. The lowest BCUT2D eigenvalue weighted by atomic mass is 10.1. The molecule has 0 aromatic carbocycles. The van der Waals surface area contributed by atoms with Crippen LogP contribution in [0.25, 0.3) is 0 Å². The fourth-order valence-electron chi connectivity index (χ4n) is 2.13. The van der Waals surface area contributed by atoms with E-state index in [0.717, 1.165) is 11.3 Å². The zero-order valence-electron chi connectivity index (χ0n) is 10.5. The molecular weight excluding hydrogens is 232 g/mol. The fourth-order valence-corrected chi connectivity index (χ4v) is 2.13. The monoisotopic (exact) mass is 248 g/mol. The summed E-state index contributed by atoms with van der Waals surface area (Å²) in [5.74, 6) is -0.677. The first-order chi connectivity index (χ1) is 8.60. The number of carbonyl (C=O) groups is 2. The molecule has 1 aliphatic heterocycles. The van der Waals surface area contributed by atoms with Crippen LogP contribution in [0.2, 0.25) is 0 Å². The van der Waals surface area contributed by atoms with Crippen molar-refractivity contribution in [3.63, 3.8) is 0 Å². The van der Waals surface area contributed by atoms with Gasteiger partial charge in [-0.15, -0.1) is 0 Å². The zero-order chi connectivity index (χ0) is 13.1. The second-order valence-electron chi connectivity index (χ2n) is 4.52. The molecule has 1 aromatic heterocycles. The van der Waals surface area contributed by atoms with Gasteiger partial charge in [-0.05, 0) is 24.6 Å². The van der Waals surface area contributed by atoms with Gasteiger partial charge in [0.1, 0.15) is 0 Å². The van der Waals surface area contributed by atoms with E-state index in [1.54, 1.807) is 11.1 Å². The molecule has 0 bridgehead atoms. The normalized spacial score (nSPS) is 19.1. The minimum Gasteiger partial charge on any atom is -0.469 e. The summed E-state index contributed by atoms with van der Waals surface area (Å²) in [4.78, 5) is 29.1. The van der Waals surface area contributed by atoms with E-state index in [1.165, 1.54) is 7.11 Å². The van der Waals surface area contributed by atoms with E-state index in [1.807, 2.05) is 19.1 Å². The van der Waals surface area contributed by atoms with Gasteiger partial charge < -0.3 is 9.64 Å². The average Bonchev–Trinajstić information content (AvgIpc) is 2.70. The molecule has 0 aliphatic carbocycles. The fraction of sp³-hybridized carbons (Fsp3) is 0.462. The standard InChI is InChI=1S/C13H16N2O3/c1-9-3-4-14-11(5-9)8-15-7-10(6-12(15)16)13(17)18-2/h3-5,10H,6-8H2,1-2H3. The number of methoxy groups -OCH3 is 1. The number of nitrogens with zero attached hydrogens (tertiary/aromatic N) is 2. The number of ether oxygens (including phenoxy) is 1. The first-order valence-corrected chi connectivity index (χ1v) is 5.87. The third-order valence-corrected chi connectivity index (χ3v) is 3.07. The second kappa shape index (κ2) is 5.16. The van der Waals surface area contributed by atoms with E-state index < -0.39 is 0 Å².